The molecule has 2 N–H and O–H groups in total. The smallest absolute Gasteiger partial charge is 0.412 e. The molecule has 1 atom stereocenters. The summed E-state index contributed by atoms with van der Waals surface area (Å²) in [6, 6.07) is 4.02. The number of ether oxygens (including phenoxy) is 1. The van der Waals surface area contributed by atoms with E-state index in [0.29, 0.717) is 11.4 Å². The lowest BCUT2D eigenvalue weighted by molar-refractivity contribution is 0.0636. The van der Waals surface area contributed by atoms with Crippen LogP contribution in [0.5, 0.6) is 0 Å². The summed E-state index contributed by atoms with van der Waals surface area (Å²) in [4.78, 5) is 12.0. The Morgan fingerprint density at radius 3 is 2.68 bits per heavy atom. The number of nitrogens with one attached hydrogen (secondary N) is 2. The average Bonchev–Trinajstić information content (AvgIpc) is 2.97. The van der Waals surface area contributed by atoms with E-state index in [9.17, 15) is 9.18 Å². The Kier molecular flexibility index (Phi) is 5.66. The highest BCUT2D eigenvalue weighted by Crippen LogP contribution is 2.27. The lowest BCUT2D eigenvalue weighted by Gasteiger charge is -2.21. The number of nitrogens with zero attached hydrogens (tertiary/aromatic N) is 2. The van der Waals surface area contributed by atoms with Crippen LogP contribution in [0.2, 0.25) is 0 Å². The summed E-state index contributed by atoms with van der Waals surface area (Å²) >= 11 is 0. The number of anilines is 2. The normalized spacial score (nSPS) is 12.6. The van der Waals surface area contributed by atoms with Crippen molar-refractivity contribution in [2.24, 2.45) is 0 Å². The van der Waals surface area contributed by atoms with E-state index in [4.69, 9.17) is 4.74 Å². The first-order valence-electron chi connectivity index (χ1n) is 8.26. The van der Waals surface area contributed by atoms with Crippen LogP contribution in [0.3, 0.4) is 0 Å². The lowest BCUT2D eigenvalue weighted by Crippen LogP contribution is -2.27. The third kappa shape index (κ3) is 5.48. The van der Waals surface area contributed by atoms with E-state index >= 15 is 0 Å². The van der Waals surface area contributed by atoms with E-state index < -0.39 is 17.5 Å². The minimum Gasteiger partial charge on any atom is -0.444 e. The number of carbonyl (C=O) groups is 1. The molecule has 1 amide bonds. The molecule has 0 aliphatic carbocycles. The van der Waals surface area contributed by atoms with Crippen LogP contribution in [0, 0.1) is 5.82 Å². The highest BCUT2D eigenvalue weighted by atomic mass is 19.1. The second kappa shape index (κ2) is 7.55. The molecule has 0 spiro atoms. The second-order valence-electron chi connectivity index (χ2n) is 6.81. The molecule has 0 saturated carbocycles. The molecule has 25 heavy (non-hydrogen) atoms. The minimum absolute atomic E-state index is 0.110. The Morgan fingerprint density at radius 2 is 2.08 bits per heavy atom. The third-order valence-electron chi connectivity index (χ3n) is 3.47. The standard InChI is InChI=1S/C18H25FN4O2/c1-6-23-11-13(10-20-23)12(2)21-16-9-14(19)7-8-15(16)22-17(24)25-18(3,4)5/h7-12,21H,6H2,1-5H3,(H,22,24). The first-order chi connectivity index (χ1) is 11.7. The van der Waals surface area contributed by atoms with Gasteiger partial charge in [0.1, 0.15) is 11.4 Å². The number of aryl methyl sites for hydroxylation is 1. The maximum absolute atomic E-state index is 13.7. The van der Waals surface area contributed by atoms with Gasteiger partial charge >= 0.3 is 6.09 Å². The fraction of sp³-hybridized carbons (Fsp3) is 0.444. The topological polar surface area (TPSA) is 68.2 Å². The Labute approximate surface area is 147 Å². The number of aromatic nitrogens is 2. The van der Waals surface area contributed by atoms with Crippen molar-refractivity contribution in [1.82, 2.24) is 9.78 Å². The molecule has 1 aromatic carbocycles. The largest absolute Gasteiger partial charge is 0.444 e. The maximum atomic E-state index is 13.7. The fourth-order valence-corrected chi connectivity index (χ4v) is 2.25. The third-order valence-corrected chi connectivity index (χ3v) is 3.47. The highest BCUT2D eigenvalue weighted by Gasteiger charge is 2.18. The predicted molar refractivity (Wildman–Crippen MR) is 96.2 cm³/mol. The van der Waals surface area contributed by atoms with E-state index in [1.807, 2.05) is 24.7 Å². The van der Waals surface area contributed by atoms with Gasteiger partial charge in [0.05, 0.1) is 23.6 Å². The Hall–Kier alpha value is -2.57. The van der Waals surface area contributed by atoms with E-state index in [1.54, 1.807) is 27.0 Å². The summed E-state index contributed by atoms with van der Waals surface area (Å²) in [6.07, 6.45) is 3.10. The highest BCUT2D eigenvalue weighted by molar-refractivity contribution is 5.89. The van der Waals surface area contributed by atoms with Crippen LogP contribution in [0.15, 0.2) is 30.6 Å². The molecule has 1 heterocycles. The van der Waals surface area contributed by atoms with Gasteiger partial charge in [0.25, 0.3) is 0 Å². The van der Waals surface area contributed by atoms with Gasteiger partial charge in [-0.15, -0.1) is 0 Å². The van der Waals surface area contributed by atoms with Gasteiger partial charge in [0.15, 0.2) is 0 Å². The molecular formula is C18H25FN4O2. The van der Waals surface area contributed by atoms with Crippen molar-refractivity contribution >= 4 is 17.5 Å². The van der Waals surface area contributed by atoms with Crippen molar-refractivity contribution in [3.8, 4) is 0 Å². The molecule has 1 aromatic heterocycles. The molecule has 0 fully saturated rings. The van der Waals surface area contributed by atoms with E-state index in [1.165, 1.54) is 18.2 Å². The van der Waals surface area contributed by atoms with Crippen LogP contribution in [0.4, 0.5) is 20.6 Å². The van der Waals surface area contributed by atoms with Gasteiger partial charge in [-0.2, -0.15) is 5.10 Å². The number of rotatable bonds is 5. The zero-order valence-electron chi connectivity index (χ0n) is 15.3. The number of carbonyl (C=O) groups excluding carboxylic acids is 1. The van der Waals surface area contributed by atoms with Crippen LogP contribution in [0.25, 0.3) is 0 Å². The maximum Gasteiger partial charge on any atom is 0.412 e. The monoisotopic (exact) mass is 348 g/mol. The summed E-state index contributed by atoms with van der Waals surface area (Å²) in [5.74, 6) is -0.395. The van der Waals surface area contributed by atoms with Crippen LogP contribution in [-0.4, -0.2) is 21.5 Å². The molecule has 0 aliphatic rings. The second-order valence-corrected chi connectivity index (χ2v) is 6.81. The van der Waals surface area contributed by atoms with E-state index in [0.717, 1.165) is 12.1 Å². The molecule has 0 radical (unpaired) electrons. The van der Waals surface area contributed by atoms with Gasteiger partial charge in [-0.25, -0.2) is 9.18 Å². The quantitative estimate of drug-likeness (QED) is 0.831. The number of hydrogen-bond acceptors (Lipinski definition) is 4. The molecule has 1 unspecified atom stereocenters. The van der Waals surface area contributed by atoms with Crippen LogP contribution in [-0.2, 0) is 11.3 Å². The fourth-order valence-electron chi connectivity index (χ4n) is 2.25. The minimum atomic E-state index is -0.611. The summed E-state index contributed by atoms with van der Waals surface area (Å²) in [5.41, 5.74) is 1.28. The molecule has 0 saturated heterocycles. The van der Waals surface area contributed by atoms with E-state index in [-0.39, 0.29) is 6.04 Å². The van der Waals surface area contributed by atoms with Gasteiger partial charge in [0.2, 0.25) is 0 Å². The SMILES string of the molecule is CCn1cc(C(C)Nc2cc(F)ccc2NC(=O)OC(C)(C)C)cn1. The van der Waals surface area contributed by atoms with Crippen molar-refractivity contribution in [3.05, 3.63) is 42.0 Å². The first kappa shape index (κ1) is 18.8. The van der Waals surface area contributed by atoms with Crippen molar-refractivity contribution in [3.63, 3.8) is 0 Å². The zero-order valence-corrected chi connectivity index (χ0v) is 15.3. The summed E-state index contributed by atoms with van der Waals surface area (Å²) in [6.45, 7) is 10.1. The van der Waals surface area contributed by atoms with Crippen molar-refractivity contribution in [2.75, 3.05) is 10.6 Å². The first-order valence-corrected chi connectivity index (χ1v) is 8.26. The van der Waals surface area contributed by atoms with Crippen LogP contribution >= 0.6 is 0 Å². The van der Waals surface area contributed by atoms with Gasteiger partial charge in [-0.3, -0.25) is 10.00 Å². The molecule has 0 aliphatic heterocycles. The number of hydrogen-bond donors (Lipinski definition) is 2. The van der Waals surface area contributed by atoms with Crippen molar-refractivity contribution < 1.29 is 13.9 Å². The van der Waals surface area contributed by atoms with Crippen LogP contribution in [0.1, 0.15) is 46.2 Å². The Morgan fingerprint density at radius 1 is 1.36 bits per heavy atom. The lowest BCUT2D eigenvalue weighted by atomic mass is 10.1. The van der Waals surface area contributed by atoms with E-state index in [2.05, 4.69) is 15.7 Å². The number of halogens is 1. The molecule has 7 heteroatoms. The van der Waals surface area contributed by atoms with Crippen molar-refractivity contribution in [2.45, 2.75) is 52.8 Å². The molecule has 136 valence electrons. The van der Waals surface area contributed by atoms with Gasteiger partial charge in [-0.05, 0) is 52.8 Å². The predicted octanol–water partition coefficient (Wildman–Crippen LogP) is 4.56. The van der Waals surface area contributed by atoms with Gasteiger partial charge in [0, 0.05) is 18.3 Å². The summed E-state index contributed by atoms with van der Waals surface area (Å²) in [5, 5.41) is 10.1. The summed E-state index contributed by atoms with van der Waals surface area (Å²) < 4.78 is 20.7. The average molecular weight is 348 g/mol. The van der Waals surface area contributed by atoms with Gasteiger partial charge in [-0.1, -0.05) is 0 Å². The van der Waals surface area contributed by atoms with Crippen LogP contribution < -0.4 is 10.6 Å². The zero-order chi connectivity index (χ0) is 18.6. The number of amides is 1. The van der Waals surface area contributed by atoms with Crippen molar-refractivity contribution in [1.29, 1.82) is 0 Å². The number of benzene rings is 1. The molecule has 6 nitrogen and oxygen atoms in total. The molecule has 2 aromatic rings. The Bertz CT molecular complexity index is 737. The summed E-state index contributed by atoms with van der Waals surface area (Å²) in [7, 11) is 0. The Balaban J connectivity index is 2.16. The molecule has 0 bridgehead atoms. The molecule has 2 rings (SSSR count). The molecular weight excluding hydrogens is 323 g/mol. The van der Waals surface area contributed by atoms with Gasteiger partial charge < -0.3 is 10.1 Å².